The largest absolute Gasteiger partial charge is 0.496 e. The van der Waals surface area contributed by atoms with E-state index in [1.165, 1.54) is 44.0 Å². The molecule has 0 aliphatic carbocycles. The van der Waals surface area contributed by atoms with Crippen molar-refractivity contribution in [1.29, 1.82) is 0 Å². The molecule has 9 nitrogen and oxygen atoms in total. The van der Waals surface area contributed by atoms with Crippen molar-refractivity contribution in [3.63, 3.8) is 0 Å². The molecule has 4 heterocycles. The first-order valence-electron chi connectivity index (χ1n) is 11.7. The number of hydrogen-bond donors (Lipinski definition) is 2. The smallest absolute Gasteiger partial charge is 0.333 e. The first-order chi connectivity index (χ1) is 18.3. The first-order valence-corrected chi connectivity index (χ1v) is 11.7. The maximum atomic E-state index is 14.6. The number of pyridine rings is 1. The lowest BCUT2D eigenvalue weighted by Crippen LogP contribution is -2.48. The van der Waals surface area contributed by atoms with Gasteiger partial charge in [-0.05, 0) is 24.6 Å². The number of anilines is 3. The summed E-state index contributed by atoms with van der Waals surface area (Å²) >= 11 is 0. The molecular weight excluding hydrogens is 504 g/mol. The van der Waals surface area contributed by atoms with Gasteiger partial charge < -0.3 is 20.7 Å². The third-order valence-electron chi connectivity index (χ3n) is 6.26. The molecule has 1 aliphatic rings. The van der Waals surface area contributed by atoms with Crippen LogP contribution in [0.15, 0.2) is 55.1 Å². The molecule has 38 heavy (non-hydrogen) atoms. The predicted molar refractivity (Wildman–Crippen MR) is 134 cm³/mol. The van der Waals surface area contributed by atoms with Gasteiger partial charge in [-0.25, -0.2) is 28.4 Å². The molecule has 0 bridgehead atoms. The topological polar surface area (TPSA) is 107 Å². The minimum atomic E-state index is -2.80. The Morgan fingerprint density at radius 3 is 2.74 bits per heavy atom. The Balaban J connectivity index is 1.50. The molecule has 1 saturated heterocycles. The van der Waals surface area contributed by atoms with Crippen molar-refractivity contribution in [2.24, 2.45) is 5.73 Å². The monoisotopic (exact) mass is 528 g/mol. The van der Waals surface area contributed by atoms with Crippen LogP contribution >= 0.6 is 0 Å². The quantitative estimate of drug-likeness (QED) is 0.336. The zero-order valence-corrected chi connectivity index (χ0v) is 20.2. The molecule has 198 valence electrons. The molecule has 13 heteroatoms. The summed E-state index contributed by atoms with van der Waals surface area (Å²) in [5, 5.41) is 6.77. The van der Waals surface area contributed by atoms with E-state index in [2.05, 4.69) is 25.4 Å². The molecule has 1 aliphatic heterocycles. The predicted octanol–water partition coefficient (Wildman–Crippen LogP) is 4.56. The van der Waals surface area contributed by atoms with E-state index < -0.39 is 24.6 Å². The lowest BCUT2D eigenvalue weighted by atomic mass is 10.0. The average molecular weight is 529 g/mol. The van der Waals surface area contributed by atoms with Gasteiger partial charge in [0.05, 0.1) is 31.1 Å². The highest BCUT2D eigenvalue weighted by Crippen LogP contribution is 2.35. The van der Waals surface area contributed by atoms with Crippen LogP contribution in [-0.2, 0) is 0 Å². The van der Waals surface area contributed by atoms with Crippen LogP contribution in [0.5, 0.6) is 5.75 Å². The standard InChI is InChI=1S/C25H24F4N8O/c1-38-20-4-2-3-16(26)23(20)24-31-7-5-21(35-24)34-22-9-19(36-8-6-18(30)17(27)13-36)15(11-32-22)14-10-33-37(12-14)25(28)29/h2-5,7,9-12,17-18,25H,6,8,13,30H2,1H3,(H,31,32,34,35)/t17-,18+/m0/s1. The summed E-state index contributed by atoms with van der Waals surface area (Å²) in [7, 11) is 1.42. The van der Waals surface area contributed by atoms with Crippen molar-refractivity contribution >= 4 is 17.3 Å². The van der Waals surface area contributed by atoms with E-state index in [1.54, 1.807) is 23.1 Å². The van der Waals surface area contributed by atoms with Crippen molar-refractivity contribution in [1.82, 2.24) is 24.7 Å². The highest BCUT2D eigenvalue weighted by molar-refractivity contribution is 5.80. The van der Waals surface area contributed by atoms with Crippen molar-refractivity contribution in [2.75, 3.05) is 30.4 Å². The molecular formula is C25H24F4N8O. The number of nitrogens with zero attached hydrogens (tertiary/aromatic N) is 6. The summed E-state index contributed by atoms with van der Waals surface area (Å²) in [6.45, 7) is -2.30. The zero-order chi connectivity index (χ0) is 26.8. The Labute approximate surface area is 215 Å². The summed E-state index contributed by atoms with van der Waals surface area (Å²) in [4.78, 5) is 14.8. The molecule has 0 unspecified atom stereocenters. The van der Waals surface area contributed by atoms with E-state index in [4.69, 9.17) is 10.5 Å². The highest BCUT2D eigenvalue weighted by atomic mass is 19.3. The summed E-state index contributed by atoms with van der Waals surface area (Å²) < 4.78 is 61.2. The van der Waals surface area contributed by atoms with Gasteiger partial charge in [0.15, 0.2) is 5.82 Å². The maximum absolute atomic E-state index is 14.6. The number of aromatic nitrogens is 5. The molecule has 2 atom stereocenters. The fourth-order valence-corrected chi connectivity index (χ4v) is 4.29. The molecule has 0 amide bonds. The maximum Gasteiger partial charge on any atom is 0.333 e. The Kier molecular flexibility index (Phi) is 7.09. The SMILES string of the molecule is COc1cccc(F)c1-c1nccc(Nc2cc(N3CC[C@@H](N)[C@@H](F)C3)c(-c3cnn(C(F)F)c3)cn2)n1. The number of nitrogens with two attached hydrogens (primary N) is 1. The van der Waals surface area contributed by atoms with Gasteiger partial charge in [0.2, 0.25) is 0 Å². The lowest BCUT2D eigenvalue weighted by molar-refractivity contribution is 0.0566. The summed E-state index contributed by atoms with van der Waals surface area (Å²) in [5.41, 5.74) is 7.44. The third-order valence-corrected chi connectivity index (χ3v) is 6.26. The normalized spacial score (nSPS) is 17.6. The molecule has 3 aromatic heterocycles. The number of ether oxygens (including phenoxy) is 1. The lowest BCUT2D eigenvalue weighted by Gasteiger charge is -2.35. The minimum Gasteiger partial charge on any atom is -0.496 e. The first kappa shape index (κ1) is 25.4. The van der Waals surface area contributed by atoms with Gasteiger partial charge in [0, 0.05) is 48.4 Å². The van der Waals surface area contributed by atoms with Crippen LogP contribution in [-0.4, -0.2) is 57.1 Å². The second-order valence-corrected chi connectivity index (χ2v) is 8.70. The number of halogens is 4. The number of rotatable bonds is 7. The third kappa shape index (κ3) is 5.09. The Bertz CT molecular complexity index is 1430. The van der Waals surface area contributed by atoms with Gasteiger partial charge in [-0.3, -0.25) is 0 Å². The van der Waals surface area contributed by atoms with E-state index in [-0.39, 0.29) is 23.7 Å². The van der Waals surface area contributed by atoms with E-state index in [9.17, 15) is 17.6 Å². The van der Waals surface area contributed by atoms with E-state index in [0.717, 1.165) is 0 Å². The van der Waals surface area contributed by atoms with Crippen LogP contribution in [0.25, 0.3) is 22.5 Å². The fourth-order valence-electron chi connectivity index (χ4n) is 4.29. The highest BCUT2D eigenvalue weighted by Gasteiger charge is 2.28. The number of hydrogen-bond acceptors (Lipinski definition) is 8. The van der Waals surface area contributed by atoms with E-state index in [0.29, 0.717) is 46.1 Å². The number of methoxy groups -OCH3 is 1. The average Bonchev–Trinajstić information content (AvgIpc) is 3.41. The molecule has 0 spiro atoms. The van der Waals surface area contributed by atoms with Crippen LogP contribution in [0.4, 0.5) is 34.9 Å². The molecule has 0 saturated carbocycles. The molecule has 5 rings (SSSR count). The van der Waals surface area contributed by atoms with Crippen LogP contribution in [0, 0.1) is 5.82 Å². The number of nitrogens with one attached hydrogen (secondary N) is 1. The van der Waals surface area contributed by atoms with Crippen molar-refractivity contribution in [2.45, 2.75) is 25.2 Å². The Morgan fingerprint density at radius 2 is 2.00 bits per heavy atom. The number of alkyl halides is 3. The van der Waals surface area contributed by atoms with Gasteiger partial charge in [-0.2, -0.15) is 13.9 Å². The summed E-state index contributed by atoms with van der Waals surface area (Å²) in [5.74, 6) is 0.507. The number of benzene rings is 1. The van der Waals surface area contributed by atoms with Crippen molar-refractivity contribution in [3.8, 4) is 28.3 Å². The number of piperidine rings is 1. The second kappa shape index (κ2) is 10.6. The minimum absolute atomic E-state index is 0.0331. The second-order valence-electron chi connectivity index (χ2n) is 8.70. The van der Waals surface area contributed by atoms with E-state index in [1.807, 2.05) is 0 Å². The molecule has 1 aromatic carbocycles. The van der Waals surface area contributed by atoms with Crippen LogP contribution in [0.1, 0.15) is 13.0 Å². The van der Waals surface area contributed by atoms with Gasteiger partial charge in [-0.15, -0.1) is 0 Å². The van der Waals surface area contributed by atoms with Crippen LogP contribution in [0.2, 0.25) is 0 Å². The van der Waals surface area contributed by atoms with Crippen molar-refractivity contribution in [3.05, 3.63) is 60.9 Å². The zero-order valence-electron chi connectivity index (χ0n) is 20.2. The van der Waals surface area contributed by atoms with E-state index >= 15 is 0 Å². The summed E-state index contributed by atoms with van der Waals surface area (Å²) in [6.07, 6.45) is 4.63. The van der Waals surface area contributed by atoms with Gasteiger partial charge >= 0.3 is 6.55 Å². The van der Waals surface area contributed by atoms with Gasteiger partial charge in [-0.1, -0.05) is 6.07 Å². The molecule has 3 N–H and O–H groups in total. The molecule has 1 fully saturated rings. The van der Waals surface area contributed by atoms with Gasteiger partial charge in [0.25, 0.3) is 0 Å². The Hall–Kier alpha value is -4.26. The molecule has 0 radical (unpaired) electrons. The van der Waals surface area contributed by atoms with Gasteiger partial charge in [0.1, 0.15) is 29.4 Å². The summed E-state index contributed by atoms with van der Waals surface area (Å²) in [6, 6.07) is 7.08. The van der Waals surface area contributed by atoms with Crippen molar-refractivity contribution < 1.29 is 22.3 Å². The fraction of sp³-hybridized carbons (Fsp3) is 0.280. The van der Waals surface area contributed by atoms with Crippen LogP contribution in [0.3, 0.4) is 0 Å². The van der Waals surface area contributed by atoms with Crippen LogP contribution < -0.4 is 20.7 Å². The Morgan fingerprint density at radius 1 is 1.16 bits per heavy atom. The molecule has 4 aromatic rings.